The van der Waals surface area contributed by atoms with Gasteiger partial charge >= 0.3 is 5.97 Å². The van der Waals surface area contributed by atoms with E-state index < -0.39 is 5.97 Å². The summed E-state index contributed by atoms with van der Waals surface area (Å²) in [5.41, 5.74) is 7.15. The first-order valence-corrected chi connectivity index (χ1v) is 7.31. The summed E-state index contributed by atoms with van der Waals surface area (Å²) in [7, 11) is 1.32. The Kier molecular flexibility index (Phi) is 4.70. The molecule has 0 atom stereocenters. The van der Waals surface area contributed by atoms with Crippen molar-refractivity contribution in [2.24, 2.45) is 0 Å². The van der Waals surface area contributed by atoms with Crippen LogP contribution in [0, 0.1) is 0 Å². The van der Waals surface area contributed by atoms with Gasteiger partial charge in [0, 0.05) is 6.20 Å². The number of carbonyl (C=O) groups is 1. The fourth-order valence-corrected chi connectivity index (χ4v) is 2.09. The van der Waals surface area contributed by atoms with Gasteiger partial charge in [-0.1, -0.05) is 12.1 Å². The van der Waals surface area contributed by atoms with Gasteiger partial charge in [0.05, 0.1) is 24.6 Å². The van der Waals surface area contributed by atoms with Crippen LogP contribution in [0.3, 0.4) is 0 Å². The van der Waals surface area contributed by atoms with Crippen LogP contribution in [0.4, 0.5) is 17.2 Å². The quantitative estimate of drug-likeness (QED) is 0.683. The summed E-state index contributed by atoms with van der Waals surface area (Å²) in [5.74, 6) is 0.516. The number of esters is 1. The number of nitrogens with zero attached hydrogens (tertiary/aromatic N) is 3. The van der Waals surface area contributed by atoms with Gasteiger partial charge in [-0.2, -0.15) is 4.98 Å². The lowest BCUT2D eigenvalue weighted by molar-refractivity contribution is 0.0602. The molecule has 3 N–H and O–H groups in total. The van der Waals surface area contributed by atoms with Gasteiger partial charge in [-0.25, -0.2) is 9.78 Å². The van der Waals surface area contributed by atoms with Crippen molar-refractivity contribution in [3.8, 4) is 11.6 Å². The minimum atomic E-state index is -0.470. The van der Waals surface area contributed by atoms with Gasteiger partial charge in [-0.15, -0.1) is 0 Å². The third kappa shape index (κ3) is 3.63. The van der Waals surface area contributed by atoms with Crippen molar-refractivity contribution in [2.45, 2.75) is 0 Å². The molecule has 0 saturated carbocycles. The fourth-order valence-electron chi connectivity index (χ4n) is 2.09. The van der Waals surface area contributed by atoms with Crippen molar-refractivity contribution in [3.63, 3.8) is 0 Å². The molecule has 0 bridgehead atoms. The van der Waals surface area contributed by atoms with Gasteiger partial charge in [0.25, 0.3) is 0 Å². The zero-order valence-corrected chi connectivity index (χ0v) is 13.3. The van der Waals surface area contributed by atoms with Crippen LogP contribution in [0.15, 0.2) is 55.1 Å². The molecule has 0 saturated heterocycles. The second-order valence-electron chi connectivity index (χ2n) is 4.89. The molecule has 2 aromatic heterocycles. The number of methoxy groups -OCH3 is 1. The Bertz CT molecular complexity index is 886. The van der Waals surface area contributed by atoms with Gasteiger partial charge < -0.3 is 20.5 Å². The summed E-state index contributed by atoms with van der Waals surface area (Å²) in [5, 5.41) is 3.01. The van der Waals surface area contributed by atoms with Crippen LogP contribution in [0.5, 0.6) is 11.6 Å². The second kappa shape index (κ2) is 7.26. The van der Waals surface area contributed by atoms with Crippen molar-refractivity contribution in [3.05, 3.63) is 60.7 Å². The summed E-state index contributed by atoms with van der Waals surface area (Å²) >= 11 is 0. The maximum absolute atomic E-state index is 11.9. The molecule has 3 rings (SSSR count). The summed E-state index contributed by atoms with van der Waals surface area (Å²) in [6, 6.07) is 10.3. The SMILES string of the molecule is COC(=O)c1ccccc1Nc1ncnc(Oc2cccnc2)c1N. The Morgan fingerprint density at radius 3 is 2.76 bits per heavy atom. The number of nitrogens with one attached hydrogen (secondary N) is 1. The average Bonchev–Trinajstić information content (AvgIpc) is 2.65. The number of para-hydroxylation sites is 1. The number of ether oxygens (including phenoxy) is 2. The number of carbonyl (C=O) groups excluding carboxylic acids is 1. The largest absolute Gasteiger partial charge is 0.465 e. The highest BCUT2D eigenvalue weighted by Gasteiger charge is 2.15. The topological polar surface area (TPSA) is 112 Å². The summed E-state index contributed by atoms with van der Waals surface area (Å²) in [6.07, 6.45) is 4.49. The normalized spacial score (nSPS) is 10.1. The van der Waals surface area contributed by atoms with Crippen LogP contribution < -0.4 is 15.8 Å². The highest BCUT2D eigenvalue weighted by Crippen LogP contribution is 2.31. The third-order valence-electron chi connectivity index (χ3n) is 3.28. The molecule has 8 heteroatoms. The zero-order chi connectivity index (χ0) is 17.6. The average molecular weight is 337 g/mol. The maximum Gasteiger partial charge on any atom is 0.339 e. The Labute approximate surface area is 143 Å². The molecule has 0 radical (unpaired) electrons. The summed E-state index contributed by atoms with van der Waals surface area (Å²) in [4.78, 5) is 24.0. The lowest BCUT2D eigenvalue weighted by Gasteiger charge is -2.13. The maximum atomic E-state index is 11.9. The van der Waals surface area contributed by atoms with E-state index in [0.717, 1.165) is 0 Å². The summed E-state index contributed by atoms with van der Waals surface area (Å²) in [6.45, 7) is 0. The van der Waals surface area contributed by atoms with E-state index in [1.807, 2.05) is 0 Å². The molecule has 0 fully saturated rings. The lowest BCUT2D eigenvalue weighted by atomic mass is 10.2. The molecule has 3 aromatic rings. The van der Waals surface area contributed by atoms with E-state index in [-0.39, 0.29) is 11.6 Å². The number of hydrogen-bond donors (Lipinski definition) is 2. The number of benzene rings is 1. The van der Waals surface area contributed by atoms with E-state index in [9.17, 15) is 4.79 Å². The van der Waals surface area contributed by atoms with Crippen molar-refractivity contribution >= 4 is 23.2 Å². The van der Waals surface area contributed by atoms with Crippen molar-refractivity contribution in [1.29, 1.82) is 0 Å². The van der Waals surface area contributed by atoms with Gasteiger partial charge in [0.1, 0.15) is 17.8 Å². The van der Waals surface area contributed by atoms with Gasteiger partial charge in [-0.05, 0) is 24.3 Å². The number of nitrogens with two attached hydrogens (primary N) is 1. The first-order valence-electron chi connectivity index (χ1n) is 7.31. The third-order valence-corrected chi connectivity index (χ3v) is 3.28. The molecule has 0 aliphatic heterocycles. The standard InChI is InChI=1S/C17H15N5O3/c1-24-17(23)12-6-2-3-7-13(12)22-15-14(18)16(21-10-20-15)25-11-5-4-8-19-9-11/h2-10H,18H2,1H3,(H,20,21,22). The van der Waals surface area contributed by atoms with Crippen LogP contribution in [-0.2, 0) is 4.74 Å². The minimum Gasteiger partial charge on any atom is -0.465 e. The number of anilines is 3. The Balaban J connectivity index is 1.90. The monoisotopic (exact) mass is 337 g/mol. The molecule has 0 unspecified atom stereocenters. The smallest absolute Gasteiger partial charge is 0.339 e. The molecule has 25 heavy (non-hydrogen) atoms. The van der Waals surface area contributed by atoms with E-state index >= 15 is 0 Å². The number of nitrogen functional groups attached to an aromatic ring is 1. The van der Waals surface area contributed by atoms with Crippen molar-refractivity contribution in [1.82, 2.24) is 15.0 Å². The first-order chi connectivity index (χ1) is 12.2. The zero-order valence-electron chi connectivity index (χ0n) is 13.3. The Morgan fingerprint density at radius 2 is 2.00 bits per heavy atom. The van der Waals surface area contributed by atoms with E-state index in [1.165, 1.54) is 13.4 Å². The molecular weight excluding hydrogens is 322 g/mol. The summed E-state index contributed by atoms with van der Waals surface area (Å²) < 4.78 is 10.4. The predicted molar refractivity (Wildman–Crippen MR) is 91.8 cm³/mol. The van der Waals surface area contributed by atoms with Crippen LogP contribution >= 0.6 is 0 Å². The van der Waals surface area contributed by atoms with Crippen LogP contribution in [-0.4, -0.2) is 28.0 Å². The van der Waals surface area contributed by atoms with Crippen molar-refractivity contribution in [2.75, 3.05) is 18.2 Å². The number of pyridine rings is 1. The van der Waals surface area contributed by atoms with Gasteiger partial charge in [0.15, 0.2) is 5.82 Å². The lowest BCUT2D eigenvalue weighted by Crippen LogP contribution is -2.08. The second-order valence-corrected chi connectivity index (χ2v) is 4.89. The highest BCUT2D eigenvalue weighted by atomic mass is 16.5. The van der Waals surface area contributed by atoms with E-state index in [4.69, 9.17) is 15.2 Å². The number of rotatable bonds is 5. The van der Waals surface area contributed by atoms with E-state index in [2.05, 4.69) is 20.3 Å². The fraction of sp³-hybridized carbons (Fsp3) is 0.0588. The molecular formula is C17H15N5O3. The van der Waals surface area contributed by atoms with Crippen molar-refractivity contribution < 1.29 is 14.3 Å². The van der Waals surface area contributed by atoms with Gasteiger partial charge in [-0.3, -0.25) is 4.98 Å². The minimum absolute atomic E-state index is 0.182. The number of aromatic nitrogens is 3. The highest BCUT2D eigenvalue weighted by molar-refractivity contribution is 5.96. The molecule has 1 aromatic carbocycles. The number of hydrogen-bond acceptors (Lipinski definition) is 8. The molecule has 2 heterocycles. The first kappa shape index (κ1) is 16.2. The van der Waals surface area contributed by atoms with Crippen LogP contribution in [0.2, 0.25) is 0 Å². The van der Waals surface area contributed by atoms with E-state index in [1.54, 1.807) is 48.8 Å². The molecule has 126 valence electrons. The van der Waals surface area contributed by atoms with Crippen LogP contribution in [0.25, 0.3) is 0 Å². The molecule has 0 aliphatic carbocycles. The molecule has 8 nitrogen and oxygen atoms in total. The van der Waals surface area contributed by atoms with Crippen LogP contribution in [0.1, 0.15) is 10.4 Å². The molecule has 0 aliphatic rings. The Hall–Kier alpha value is -3.68. The molecule has 0 amide bonds. The van der Waals surface area contributed by atoms with Gasteiger partial charge in [0.2, 0.25) is 5.88 Å². The molecule has 0 spiro atoms. The van der Waals surface area contributed by atoms with E-state index in [0.29, 0.717) is 22.8 Å². The predicted octanol–water partition coefficient (Wildman–Crippen LogP) is 2.78. The Morgan fingerprint density at radius 1 is 1.16 bits per heavy atom.